The van der Waals surface area contributed by atoms with Crippen LogP contribution in [0.25, 0.3) is 0 Å². The molecule has 0 aliphatic heterocycles. The van der Waals surface area contributed by atoms with Crippen molar-refractivity contribution in [3.63, 3.8) is 0 Å². The molecule has 5 heteroatoms. The van der Waals surface area contributed by atoms with E-state index < -0.39 is 10.0 Å². The van der Waals surface area contributed by atoms with E-state index in [4.69, 9.17) is 0 Å². The molecule has 21 heavy (non-hydrogen) atoms. The maximum Gasteiger partial charge on any atom is 0.218 e. The van der Waals surface area contributed by atoms with Gasteiger partial charge in [0.2, 0.25) is 10.0 Å². The maximum atomic E-state index is 12.6. The summed E-state index contributed by atoms with van der Waals surface area (Å²) in [6, 6.07) is 7.83. The van der Waals surface area contributed by atoms with Gasteiger partial charge < -0.3 is 5.32 Å². The second kappa shape index (κ2) is 7.38. The largest absolute Gasteiger partial charge is 0.316 e. The molecule has 0 spiro atoms. The van der Waals surface area contributed by atoms with Gasteiger partial charge in [-0.15, -0.1) is 0 Å². The maximum absolute atomic E-state index is 12.6. The Bertz CT molecular complexity index is 536. The van der Waals surface area contributed by atoms with Gasteiger partial charge in [0.05, 0.1) is 5.75 Å². The first-order chi connectivity index (χ1) is 10.0. The summed E-state index contributed by atoms with van der Waals surface area (Å²) in [5.74, 6) is 0.698. The zero-order chi connectivity index (χ0) is 15.3. The Labute approximate surface area is 128 Å². The molecule has 1 saturated carbocycles. The molecule has 0 unspecified atom stereocenters. The number of nitrogens with one attached hydrogen (secondary N) is 1. The molecule has 2 rings (SSSR count). The van der Waals surface area contributed by atoms with Gasteiger partial charge in [0, 0.05) is 19.6 Å². The predicted octanol–water partition coefficient (Wildman–Crippen LogP) is 2.36. The zero-order valence-electron chi connectivity index (χ0n) is 13.0. The van der Waals surface area contributed by atoms with Crippen molar-refractivity contribution >= 4 is 10.0 Å². The fraction of sp³-hybridized carbons (Fsp3) is 0.625. The number of nitrogens with zero attached hydrogens (tertiary/aromatic N) is 1. The molecule has 1 aromatic rings. The van der Waals surface area contributed by atoms with Crippen LogP contribution < -0.4 is 5.32 Å². The Hall–Kier alpha value is -0.910. The molecule has 118 valence electrons. The average Bonchev–Trinajstić information content (AvgIpc) is 3.25. The first-order valence-corrected chi connectivity index (χ1v) is 9.36. The second-order valence-corrected chi connectivity index (χ2v) is 7.87. The van der Waals surface area contributed by atoms with Gasteiger partial charge >= 0.3 is 0 Å². The highest BCUT2D eigenvalue weighted by atomic mass is 32.2. The highest BCUT2D eigenvalue weighted by Gasteiger charge is 2.30. The molecule has 1 aromatic carbocycles. The normalized spacial score (nSPS) is 15.6. The lowest BCUT2D eigenvalue weighted by Crippen LogP contribution is -2.34. The van der Waals surface area contributed by atoms with E-state index in [1.807, 2.05) is 38.2 Å². The topological polar surface area (TPSA) is 49.4 Å². The Morgan fingerprint density at radius 3 is 2.33 bits per heavy atom. The van der Waals surface area contributed by atoms with Crippen molar-refractivity contribution in [2.45, 2.75) is 38.5 Å². The summed E-state index contributed by atoms with van der Waals surface area (Å²) < 4.78 is 26.8. The van der Waals surface area contributed by atoms with Gasteiger partial charge in [0.1, 0.15) is 0 Å². The van der Waals surface area contributed by atoms with Crippen LogP contribution in [0.1, 0.15) is 37.3 Å². The Balaban J connectivity index is 2.03. The molecule has 1 aliphatic carbocycles. The Morgan fingerprint density at radius 2 is 1.81 bits per heavy atom. The number of hydrogen-bond acceptors (Lipinski definition) is 3. The lowest BCUT2D eigenvalue weighted by Gasteiger charge is -2.21. The summed E-state index contributed by atoms with van der Waals surface area (Å²) in [6.07, 6.45) is 3.22. The summed E-state index contributed by atoms with van der Waals surface area (Å²) in [5, 5.41) is 3.09. The van der Waals surface area contributed by atoms with E-state index in [2.05, 4.69) is 5.32 Å². The molecule has 1 N–H and O–H groups in total. The first kappa shape index (κ1) is 16.5. The van der Waals surface area contributed by atoms with Crippen molar-refractivity contribution in [2.75, 3.05) is 20.1 Å². The zero-order valence-corrected chi connectivity index (χ0v) is 13.8. The van der Waals surface area contributed by atoms with E-state index >= 15 is 0 Å². The van der Waals surface area contributed by atoms with Crippen LogP contribution in [0.3, 0.4) is 0 Å². The smallest absolute Gasteiger partial charge is 0.218 e. The number of hydrogen-bond donors (Lipinski definition) is 1. The predicted molar refractivity (Wildman–Crippen MR) is 86.4 cm³/mol. The molecule has 0 amide bonds. The van der Waals surface area contributed by atoms with E-state index in [-0.39, 0.29) is 5.75 Å². The van der Waals surface area contributed by atoms with Crippen molar-refractivity contribution in [1.82, 2.24) is 9.62 Å². The minimum absolute atomic E-state index is 0.111. The summed E-state index contributed by atoms with van der Waals surface area (Å²) in [5.41, 5.74) is 2.04. The molecule has 1 aliphatic rings. The lowest BCUT2D eigenvalue weighted by molar-refractivity contribution is 0.395. The van der Waals surface area contributed by atoms with Crippen LogP contribution in [-0.2, 0) is 22.3 Å². The highest BCUT2D eigenvalue weighted by molar-refractivity contribution is 7.88. The fourth-order valence-corrected chi connectivity index (χ4v) is 4.14. The van der Waals surface area contributed by atoms with E-state index in [1.165, 1.54) is 18.4 Å². The minimum atomic E-state index is -3.20. The van der Waals surface area contributed by atoms with Crippen LogP contribution in [0.5, 0.6) is 0 Å². The molecule has 1 fully saturated rings. The van der Waals surface area contributed by atoms with Gasteiger partial charge in [-0.05, 0) is 43.4 Å². The van der Waals surface area contributed by atoms with Gasteiger partial charge in [0.15, 0.2) is 0 Å². The van der Waals surface area contributed by atoms with Crippen molar-refractivity contribution in [3.8, 4) is 0 Å². The third-order valence-electron chi connectivity index (χ3n) is 3.78. The van der Waals surface area contributed by atoms with Crippen molar-refractivity contribution < 1.29 is 8.42 Å². The van der Waals surface area contributed by atoms with Crippen LogP contribution in [0.2, 0.25) is 0 Å². The lowest BCUT2D eigenvalue weighted by atomic mass is 10.1. The van der Waals surface area contributed by atoms with Gasteiger partial charge in [-0.25, -0.2) is 12.7 Å². The van der Waals surface area contributed by atoms with Gasteiger partial charge in [0.25, 0.3) is 0 Å². The standard InChI is InChI=1S/C16H26N2O2S/c1-3-10-18(12-15-6-7-15)21(19,20)13-16-8-4-14(5-9-16)11-17-2/h4-5,8-9,15,17H,3,6-7,10-13H2,1-2H3. The number of benzene rings is 1. The Morgan fingerprint density at radius 1 is 1.19 bits per heavy atom. The highest BCUT2D eigenvalue weighted by Crippen LogP contribution is 2.31. The summed E-state index contributed by atoms with van der Waals surface area (Å²) in [7, 11) is -1.30. The average molecular weight is 310 g/mol. The Kier molecular flexibility index (Phi) is 5.79. The van der Waals surface area contributed by atoms with Crippen LogP contribution in [0.4, 0.5) is 0 Å². The molecular formula is C16H26N2O2S. The number of sulfonamides is 1. The van der Waals surface area contributed by atoms with E-state index in [1.54, 1.807) is 4.31 Å². The molecule has 0 aromatic heterocycles. The fourth-order valence-electron chi connectivity index (χ4n) is 2.44. The summed E-state index contributed by atoms with van der Waals surface area (Å²) >= 11 is 0. The van der Waals surface area contributed by atoms with Crippen molar-refractivity contribution in [2.24, 2.45) is 5.92 Å². The molecule has 0 saturated heterocycles. The summed E-state index contributed by atoms with van der Waals surface area (Å²) in [4.78, 5) is 0. The first-order valence-electron chi connectivity index (χ1n) is 7.75. The third-order valence-corrected chi connectivity index (χ3v) is 5.59. The summed E-state index contributed by atoms with van der Waals surface area (Å²) in [6.45, 7) is 4.17. The minimum Gasteiger partial charge on any atom is -0.316 e. The second-order valence-electron chi connectivity index (χ2n) is 5.90. The molecule has 0 heterocycles. The van der Waals surface area contributed by atoms with E-state index in [0.29, 0.717) is 19.0 Å². The number of rotatable bonds is 9. The van der Waals surface area contributed by atoms with Crippen molar-refractivity contribution in [1.29, 1.82) is 0 Å². The van der Waals surface area contributed by atoms with Crippen LogP contribution in [-0.4, -0.2) is 32.9 Å². The third kappa shape index (κ3) is 5.09. The van der Waals surface area contributed by atoms with Crippen LogP contribution in [0, 0.1) is 5.92 Å². The molecular weight excluding hydrogens is 284 g/mol. The molecule has 0 radical (unpaired) electrons. The van der Waals surface area contributed by atoms with Gasteiger partial charge in [-0.2, -0.15) is 0 Å². The van der Waals surface area contributed by atoms with Crippen molar-refractivity contribution in [3.05, 3.63) is 35.4 Å². The van der Waals surface area contributed by atoms with E-state index in [0.717, 1.165) is 18.5 Å². The van der Waals surface area contributed by atoms with Crippen LogP contribution in [0.15, 0.2) is 24.3 Å². The molecule has 0 atom stereocenters. The van der Waals surface area contributed by atoms with Crippen LogP contribution >= 0.6 is 0 Å². The molecule has 0 bridgehead atoms. The van der Waals surface area contributed by atoms with E-state index in [9.17, 15) is 8.42 Å². The quantitative estimate of drug-likeness (QED) is 0.762. The SMILES string of the molecule is CCCN(CC1CC1)S(=O)(=O)Cc1ccc(CNC)cc1. The monoisotopic (exact) mass is 310 g/mol. The van der Waals surface area contributed by atoms with Gasteiger partial charge in [-0.3, -0.25) is 0 Å². The van der Waals surface area contributed by atoms with Gasteiger partial charge in [-0.1, -0.05) is 31.2 Å². The molecule has 4 nitrogen and oxygen atoms in total.